The third-order valence-electron chi connectivity index (χ3n) is 2.49. The second kappa shape index (κ2) is 13.9. The lowest BCUT2D eigenvalue weighted by molar-refractivity contribution is -0.137. The molecule has 2 nitrogen and oxygen atoms in total. The van der Waals surface area contributed by atoms with Crippen LogP contribution in [0.2, 0.25) is 0 Å². The Hall–Kier alpha value is -0.0500. The second-order valence-corrected chi connectivity index (χ2v) is 3.97. The van der Waals surface area contributed by atoms with Gasteiger partial charge in [-0.15, -0.1) is 17.0 Å². The molecule has 0 spiro atoms. The van der Waals surface area contributed by atoms with Crippen molar-refractivity contribution in [3.63, 3.8) is 0 Å². The summed E-state index contributed by atoms with van der Waals surface area (Å²) in [7, 11) is 0. The molecule has 0 atom stereocenters. The van der Waals surface area contributed by atoms with Crippen LogP contribution in [0.3, 0.4) is 0 Å². The molecule has 3 heteroatoms. The van der Waals surface area contributed by atoms with Gasteiger partial charge in [0.05, 0.1) is 0 Å². The van der Waals surface area contributed by atoms with Gasteiger partial charge in [-0.1, -0.05) is 58.3 Å². The Kier molecular flexibility index (Phi) is 16.1. The summed E-state index contributed by atoms with van der Waals surface area (Å²) in [6.07, 6.45) is 11.5. The predicted octanol–water partition coefficient (Wildman–Crippen LogP) is 4.57. The van der Waals surface area contributed by atoms with Gasteiger partial charge in [-0.25, -0.2) is 0 Å². The standard InChI is InChI=1S/C12H24O2.BrH/c1-2-3-4-5-6-7-8-9-10-11-12(13)14;/h2-11H2,1H3,(H,13,14);1H. The lowest BCUT2D eigenvalue weighted by Crippen LogP contribution is -1.93. The monoisotopic (exact) mass is 280 g/mol. The van der Waals surface area contributed by atoms with Crippen LogP contribution in [-0.4, -0.2) is 11.1 Å². The lowest BCUT2D eigenvalue weighted by Gasteiger charge is -2.00. The molecule has 0 saturated heterocycles. The lowest BCUT2D eigenvalue weighted by atomic mass is 10.1. The summed E-state index contributed by atoms with van der Waals surface area (Å²) in [5.74, 6) is -0.659. The van der Waals surface area contributed by atoms with Crippen LogP contribution in [0.4, 0.5) is 0 Å². The Bertz CT molecular complexity index is 138. The van der Waals surface area contributed by atoms with E-state index in [9.17, 15) is 4.79 Å². The molecule has 0 aliphatic carbocycles. The first-order chi connectivity index (χ1) is 6.77. The zero-order valence-corrected chi connectivity index (χ0v) is 11.5. The number of rotatable bonds is 10. The van der Waals surface area contributed by atoms with E-state index in [1.807, 2.05) is 0 Å². The highest BCUT2D eigenvalue weighted by Gasteiger charge is 1.96. The van der Waals surface area contributed by atoms with Crippen LogP contribution < -0.4 is 0 Å². The van der Waals surface area contributed by atoms with E-state index in [1.165, 1.54) is 44.9 Å². The molecule has 92 valence electrons. The van der Waals surface area contributed by atoms with E-state index in [0.29, 0.717) is 6.42 Å². The highest BCUT2D eigenvalue weighted by atomic mass is 79.9. The molecule has 0 aromatic heterocycles. The van der Waals surface area contributed by atoms with Crippen LogP contribution in [0.25, 0.3) is 0 Å². The average molecular weight is 281 g/mol. The van der Waals surface area contributed by atoms with Crippen molar-refractivity contribution in [3.8, 4) is 0 Å². The van der Waals surface area contributed by atoms with Gasteiger partial charge < -0.3 is 5.11 Å². The summed E-state index contributed by atoms with van der Waals surface area (Å²) in [5, 5.41) is 8.41. The Morgan fingerprint density at radius 2 is 1.27 bits per heavy atom. The highest BCUT2D eigenvalue weighted by molar-refractivity contribution is 8.93. The fourth-order valence-corrected chi connectivity index (χ4v) is 1.59. The number of unbranched alkanes of at least 4 members (excludes halogenated alkanes) is 8. The molecule has 0 rings (SSSR count). The first-order valence-electron chi connectivity index (χ1n) is 5.99. The summed E-state index contributed by atoms with van der Waals surface area (Å²) in [6, 6.07) is 0. The number of carboxylic acids is 1. The van der Waals surface area contributed by atoms with Crippen molar-refractivity contribution in [3.05, 3.63) is 0 Å². The summed E-state index contributed by atoms with van der Waals surface area (Å²) < 4.78 is 0. The Morgan fingerprint density at radius 3 is 1.67 bits per heavy atom. The topological polar surface area (TPSA) is 37.3 Å². The minimum absolute atomic E-state index is 0. The summed E-state index contributed by atoms with van der Waals surface area (Å²) in [4.78, 5) is 10.2. The van der Waals surface area contributed by atoms with Crippen molar-refractivity contribution >= 4 is 23.0 Å². The Balaban J connectivity index is 0. The number of carbonyl (C=O) groups is 1. The van der Waals surface area contributed by atoms with E-state index in [4.69, 9.17) is 5.11 Å². The molecule has 0 heterocycles. The molecule has 0 aromatic rings. The molecule has 0 aliphatic rings. The third-order valence-corrected chi connectivity index (χ3v) is 2.49. The molecule has 0 aliphatic heterocycles. The maximum absolute atomic E-state index is 10.2. The number of aliphatic carboxylic acids is 1. The van der Waals surface area contributed by atoms with Gasteiger partial charge in [-0.05, 0) is 6.42 Å². The van der Waals surface area contributed by atoms with E-state index in [0.717, 1.165) is 12.8 Å². The molecule has 0 bridgehead atoms. The molecule has 1 N–H and O–H groups in total. The molecule has 15 heavy (non-hydrogen) atoms. The second-order valence-electron chi connectivity index (χ2n) is 3.97. The number of carboxylic acid groups (broad SMARTS) is 1. The quantitative estimate of drug-likeness (QED) is 0.595. The number of hydrogen-bond donors (Lipinski definition) is 1. The molecule has 0 amide bonds. The van der Waals surface area contributed by atoms with E-state index in [-0.39, 0.29) is 17.0 Å². The molecule has 0 radical (unpaired) electrons. The Labute approximate surface area is 104 Å². The van der Waals surface area contributed by atoms with Crippen molar-refractivity contribution < 1.29 is 9.90 Å². The maximum Gasteiger partial charge on any atom is 0.303 e. The molecular weight excluding hydrogens is 256 g/mol. The predicted molar refractivity (Wildman–Crippen MR) is 69.8 cm³/mol. The van der Waals surface area contributed by atoms with Crippen molar-refractivity contribution in [2.24, 2.45) is 0 Å². The van der Waals surface area contributed by atoms with Gasteiger partial charge in [-0.3, -0.25) is 4.79 Å². The van der Waals surface area contributed by atoms with Gasteiger partial charge in [0.25, 0.3) is 0 Å². The molecule has 0 unspecified atom stereocenters. The highest BCUT2D eigenvalue weighted by Crippen LogP contribution is 2.10. The number of hydrogen-bond acceptors (Lipinski definition) is 1. The average Bonchev–Trinajstić information content (AvgIpc) is 2.15. The van der Waals surface area contributed by atoms with E-state index in [1.54, 1.807) is 0 Å². The van der Waals surface area contributed by atoms with Crippen LogP contribution >= 0.6 is 17.0 Å². The maximum atomic E-state index is 10.2. The fourth-order valence-electron chi connectivity index (χ4n) is 1.59. The first kappa shape index (κ1) is 17.3. The SMILES string of the molecule is Br.CCCCCCCCCCCC(=O)O. The molecule has 0 fully saturated rings. The van der Waals surface area contributed by atoms with Crippen molar-refractivity contribution in [1.29, 1.82) is 0 Å². The number of halogens is 1. The zero-order chi connectivity index (χ0) is 10.6. The Morgan fingerprint density at radius 1 is 0.867 bits per heavy atom. The van der Waals surface area contributed by atoms with Crippen LogP contribution in [0, 0.1) is 0 Å². The van der Waals surface area contributed by atoms with Gasteiger partial charge >= 0.3 is 5.97 Å². The van der Waals surface area contributed by atoms with Gasteiger partial charge in [0.15, 0.2) is 0 Å². The smallest absolute Gasteiger partial charge is 0.303 e. The van der Waals surface area contributed by atoms with Crippen molar-refractivity contribution in [2.45, 2.75) is 71.1 Å². The largest absolute Gasteiger partial charge is 0.481 e. The summed E-state index contributed by atoms with van der Waals surface area (Å²) in [5.41, 5.74) is 0. The first-order valence-corrected chi connectivity index (χ1v) is 5.99. The fraction of sp³-hybridized carbons (Fsp3) is 0.917. The minimum Gasteiger partial charge on any atom is -0.481 e. The molecular formula is C12H25BrO2. The van der Waals surface area contributed by atoms with E-state index < -0.39 is 5.97 Å². The van der Waals surface area contributed by atoms with Crippen LogP contribution in [0.1, 0.15) is 71.1 Å². The van der Waals surface area contributed by atoms with Crippen LogP contribution in [0.5, 0.6) is 0 Å². The van der Waals surface area contributed by atoms with E-state index >= 15 is 0 Å². The van der Waals surface area contributed by atoms with Gasteiger partial charge in [0, 0.05) is 6.42 Å². The molecule has 0 saturated carbocycles. The van der Waals surface area contributed by atoms with E-state index in [2.05, 4.69) is 6.92 Å². The van der Waals surface area contributed by atoms with Gasteiger partial charge in [0.1, 0.15) is 0 Å². The van der Waals surface area contributed by atoms with Crippen molar-refractivity contribution in [1.82, 2.24) is 0 Å². The van der Waals surface area contributed by atoms with Crippen LogP contribution in [0.15, 0.2) is 0 Å². The van der Waals surface area contributed by atoms with Crippen LogP contribution in [-0.2, 0) is 4.79 Å². The normalized spacial score (nSPS) is 9.67. The summed E-state index contributed by atoms with van der Waals surface area (Å²) in [6.45, 7) is 2.23. The summed E-state index contributed by atoms with van der Waals surface area (Å²) >= 11 is 0. The van der Waals surface area contributed by atoms with Gasteiger partial charge in [-0.2, -0.15) is 0 Å². The van der Waals surface area contributed by atoms with Gasteiger partial charge in [0.2, 0.25) is 0 Å². The minimum atomic E-state index is -0.659. The van der Waals surface area contributed by atoms with Crippen molar-refractivity contribution in [2.75, 3.05) is 0 Å². The third kappa shape index (κ3) is 16.6. The molecule has 0 aromatic carbocycles. The zero-order valence-electron chi connectivity index (χ0n) is 9.83.